The predicted octanol–water partition coefficient (Wildman–Crippen LogP) is 2.93. The molecule has 1 aliphatic heterocycles. The van der Waals surface area contributed by atoms with Gasteiger partial charge in [0.15, 0.2) is 5.82 Å². The molecule has 2 aromatic rings. The first-order chi connectivity index (χ1) is 10.7. The third kappa shape index (κ3) is 2.67. The van der Waals surface area contributed by atoms with E-state index in [0.29, 0.717) is 11.8 Å². The molecule has 1 saturated carbocycles. The molecule has 0 spiro atoms. The molecule has 0 amide bonds. The minimum Gasteiger partial charge on any atom is -0.361 e. The summed E-state index contributed by atoms with van der Waals surface area (Å²) in [5.41, 5.74) is 2.21. The fraction of sp³-hybridized carbons (Fsp3) is 0.688. The molecule has 1 aliphatic carbocycles. The zero-order valence-corrected chi connectivity index (χ0v) is 13.2. The van der Waals surface area contributed by atoms with Crippen molar-refractivity contribution in [1.29, 1.82) is 0 Å². The normalized spacial score (nSPS) is 23.1. The maximum atomic E-state index is 5.42. The summed E-state index contributed by atoms with van der Waals surface area (Å²) in [7, 11) is 0. The van der Waals surface area contributed by atoms with E-state index in [-0.39, 0.29) is 0 Å². The molecule has 2 fully saturated rings. The molecule has 6 nitrogen and oxygen atoms in total. The zero-order valence-electron chi connectivity index (χ0n) is 13.2. The Hall–Kier alpha value is -1.69. The van der Waals surface area contributed by atoms with Gasteiger partial charge in [-0.25, -0.2) is 0 Å². The first-order valence-electron chi connectivity index (χ1n) is 8.18. The van der Waals surface area contributed by atoms with Gasteiger partial charge in [-0.05, 0) is 46.1 Å². The van der Waals surface area contributed by atoms with E-state index in [4.69, 9.17) is 9.05 Å². The van der Waals surface area contributed by atoms with E-state index in [2.05, 4.69) is 20.2 Å². The zero-order chi connectivity index (χ0) is 15.1. The van der Waals surface area contributed by atoms with Crippen LogP contribution in [0.1, 0.15) is 66.3 Å². The molecule has 0 unspecified atom stereocenters. The van der Waals surface area contributed by atoms with E-state index in [1.54, 1.807) is 0 Å². The van der Waals surface area contributed by atoms with Crippen LogP contribution in [0.4, 0.5) is 0 Å². The minimum atomic E-state index is 0.380. The van der Waals surface area contributed by atoms with Gasteiger partial charge in [-0.1, -0.05) is 10.3 Å². The standard InChI is InChI=1S/C16H22N4O2/c1-10-14(11(2)21-18-10)9-20-7-3-4-13(8-20)15-17-16(22-19-15)12-5-6-12/h12-13H,3-9H2,1-2H3/t13-/m0/s1. The van der Waals surface area contributed by atoms with E-state index in [1.807, 2.05) is 13.8 Å². The van der Waals surface area contributed by atoms with Crippen molar-refractivity contribution in [3.8, 4) is 0 Å². The second-order valence-electron chi connectivity index (χ2n) is 6.64. The van der Waals surface area contributed by atoms with Crippen LogP contribution in [0.3, 0.4) is 0 Å². The number of nitrogens with zero attached hydrogens (tertiary/aromatic N) is 4. The second-order valence-corrected chi connectivity index (χ2v) is 6.64. The molecule has 0 aromatic carbocycles. The van der Waals surface area contributed by atoms with Crippen molar-refractivity contribution in [2.24, 2.45) is 0 Å². The monoisotopic (exact) mass is 302 g/mol. The van der Waals surface area contributed by atoms with Gasteiger partial charge in [0.05, 0.1) is 5.69 Å². The number of hydrogen-bond donors (Lipinski definition) is 0. The highest BCUT2D eigenvalue weighted by molar-refractivity contribution is 5.20. The number of hydrogen-bond acceptors (Lipinski definition) is 6. The average Bonchev–Trinajstić information content (AvgIpc) is 3.19. The smallest absolute Gasteiger partial charge is 0.229 e. The molecule has 118 valence electrons. The van der Waals surface area contributed by atoms with Crippen LogP contribution in [-0.4, -0.2) is 33.3 Å². The second kappa shape index (κ2) is 5.50. The molecule has 1 atom stereocenters. The van der Waals surface area contributed by atoms with Gasteiger partial charge in [-0.15, -0.1) is 0 Å². The lowest BCUT2D eigenvalue weighted by Gasteiger charge is -2.31. The summed E-state index contributed by atoms with van der Waals surface area (Å²) in [6, 6.07) is 0. The quantitative estimate of drug-likeness (QED) is 0.865. The molecule has 22 heavy (non-hydrogen) atoms. The van der Waals surface area contributed by atoms with Crippen LogP contribution in [0.5, 0.6) is 0 Å². The van der Waals surface area contributed by atoms with Crippen LogP contribution in [0.15, 0.2) is 9.05 Å². The van der Waals surface area contributed by atoms with Gasteiger partial charge in [0, 0.05) is 30.5 Å². The molecule has 1 saturated heterocycles. The van der Waals surface area contributed by atoms with Crippen LogP contribution in [0, 0.1) is 13.8 Å². The third-order valence-electron chi connectivity index (χ3n) is 4.82. The number of rotatable bonds is 4. The Morgan fingerprint density at radius 2 is 1.95 bits per heavy atom. The summed E-state index contributed by atoms with van der Waals surface area (Å²) < 4.78 is 10.7. The summed E-state index contributed by atoms with van der Waals surface area (Å²) in [6.07, 6.45) is 4.71. The van der Waals surface area contributed by atoms with E-state index < -0.39 is 0 Å². The molecule has 0 radical (unpaired) electrons. The van der Waals surface area contributed by atoms with Crippen molar-refractivity contribution in [1.82, 2.24) is 20.2 Å². The number of piperidine rings is 1. The molecule has 6 heteroatoms. The molecule has 4 rings (SSSR count). The topological polar surface area (TPSA) is 68.2 Å². The summed E-state index contributed by atoms with van der Waals surface area (Å²) in [4.78, 5) is 7.08. The Bertz CT molecular complexity index is 639. The Morgan fingerprint density at radius 3 is 2.68 bits per heavy atom. The Labute approximate surface area is 129 Å². The molecule has 0 N–H and O–H groups in total. The Morgan fingerprint density at radius 1 is 1.09 bits per heavy atom. The molecule has 0 bridgehead atoms. The molecular formula is C16H22N4O2. The predicted molar refractivity (Wildman–Crippen MR) is 79.5 cm³/mol. The molecular weight excluding hydrogens is 280 g/mol. The van der Waals surface area contributed by atoms with Gasteiger partial charge in [-0.2, -0.15) is 4.98 Å². The molecule has 3 heterocycles. The lowest BCUT2D eigenvalue weighted by Crippen LogP contribution is -2.34. The van der Waals surface area contributed by atoms with Gasteiger partial charge < -0.3 is 9.05 Å². The SMILES string of the molecule is Cc1noc(C)c1CN1CCC[C@H](c2noc(C3CC3)n2)C1. The highest BCUT2D eigenvalue weighted by Gasteiger charge is 2.32. The van der Waals surface area contributed by atoms with Crippen LogP contribution in [-0.2, 0) is 6.54 Å². The summed E-state index contributed by atoms with van der Waals surface area (Å²) >= 11 is 0. The number of likely N-dealkylation sites (tertiary alicyclic amines) is 1. The fourth-order valence-corrected chi connectivity index (χ4v) is 3.27. The first kappa shape index (κ1) is 13.9. The van der Waals surface area contributed by atoms with Crippen molar-refractivity contribution in [3.05, 3.63) is 28.7 Å². The maximum absolute atomic E-state index is 5.42. The minimum absolute atomic E-state index is 0.380. The van der Waals surface area contributed by atoms with Crippen molar-refractivity contribution in [2.75, 3.05) is 13.1 Å². The third-order valence-corrected chi connectivity index (χ3v) is 4.82. The van der Waals surface area contributed by atoms with Crippen molar-refractivity contribution in [3.63, 3.8) is 0 Å². The number of aryl methyl sites for hydroxylation is 2. The maximum Gasteiger partial charge on any atom is 0.229 e. The van der Waals surface area contributed by atoms with Gasteiger partial charge in [0.25, 0.3) is 0 Å². The largest absolute Gasteiger partial charge is 0.361 e. The lowest BCUT2D eigenvalue weighted by molar-refractivity contribution is 0.193. The number of aromatic nitrogens is 3. The lowest BCUT2D eigenvalue weighted by atomic mass is 9.97. The van der Waals surface area contributed by atoms with Gasteiger partial charge >= 0.3 is 0 Å². The molecule has 2 aliphatic rings. The highest BCUT2D eigenvalue weighted by Crippen LogP contribution is 2.39. The summed E-state index contributed by atoms with van der Waals surface area (Å²) in [5.74, 6) is 3.58. The Balaban J connectivity index is 1.44. The van der Waals surface area contributed by atoms with Crippen molar-refractivity contribution in [2.45, 2.75) is 57.9 Å². The van der Waals surface area contributed by atoms with Crippen LogP contribution >= 0.6 is 0 Å². The van der Waals surface area contributed by atoms with Crippen molar-refractivity contribution < 1.29 is 9.05 Å². The van der Waals surface area contributed by atoms with E-state index in [1.165, 1.54) is 24.8 Å². The van der Waals surface area contributed by atoms with Gasteiger partial charge in [0.2, 0.25) is 5.89 Å². The Kier molecular flexibility index (Phi) is 3.48. The molecule has 2 aromatic heterocycles. The van der Waals surface area contributed by atoms with E-state index in [0.717, 1.165) is 49.2 Å². The highest BCUT2D eigenvalue weighted by atomic mass is 16.5. The summed E-state index contributed by atoms with van der Waals surface area (Å²) in [6.45, 7) is 6.97. The first-order valence-corrected chi connectivity index (χ1v) is 8.18. The van der Waals surface area contributed by atoms with Crippen LogP contribution < -0.4 is 0 Å². The fourth-order valence-electron chi connectivity index (χ4n) is 3.27. The van der Waals surface area contributed by atoms with E-state index >= 15 is 0 Å². The van der Waals surface area contributed by atoms with Crippen LogP contribution in [0.2, 0.25) is 0 Å². The van der Waals surface area contributed by atoms with Gasteiger partial charge in [-0.3, -0.25) is 4.90 Å². The average molecular weight is 302 g/mol. The van der Waals surface area contributed by atoms with E-state index in [9.17, 15) is 0 Å². The van der Waals surface area contributed by atoms with Gasteiger partial charge in [0.1, 0.15) is 5.76 Å². The summed E-state index contributed by atoms with van der Waals surface area (Å²) in [5, 5.41) is 8.27. The van der Waals surface area contributed by atoms with Crippen molar-refractivity contribution >= 4 is 0 Å². The van der Waals surface area contributed by atoms with Crippen LogP contribution in [0.25, 0.3) is 0 Å².